The predicted molar refractivity (Wildman–Crippen MR) is 85.7 cm³/mol. The number of hydrogen-bond acceptors (Lipinski definition) is 3. The van der Waals surface area contributed by atoms with Gasteiger partial charge in [-0.2, -0.15) is 0 Å². The predicted octanol–water partition coefficient (Wildman–Crippen LogP) is 1.64. The van der Waals surface area contributed by atoms with Crippen LogP contribution in [0.4, 0.5) is 0 Å². The Morgan fingerprint density at radius 1 is 1.13 bits per heavy atom. The quantitative estimate of drug-likeness (QED) is 0.727. The van der Waals surface area contributed by atoms with Crippen LogP contribution in [0, 0.1) is 17.8 Å². The number of nitrogens with one attached hydrogen (secondary N) is 1. The minimum Gasteiger partial charge on any atom is -0.481 e. The van der Waals surface area contributed by atoms with E-state index in [-0.39, 0.29) is 29.6 Å². The molecule has 3 atom stereocenters. The van der Waals surface area contributed by atoms with Gasteiger partial charge in [-0.1, -0.05) is 13.3 Å². The van der Waals surface area contributed by atoms with Gasteiger partial charge in [-0.25, -0.2) is 0 Å². The van der Waals surface area contributed by atoms with E-state index in [4.69, 9.17) is 5.11 Å². The second kappa shape index (κ2) is 8.31. The highest BCUT2D eigenvalue weighted by atomic mass is 16.4. The molecule has 2 amide bonds. The number of rotatable bonds is 6. The molecule has 1 aliphatic carbocycles. The van der Waals surface area contributed by atoms with Crippen LogP contribution in [0.2, 0.25) is 0 Å². The van der Waals surface area contributed by atoms with Crippen molar-refractivity contribution in [3.8, 4) is 0 Å². The summed E-state index contributed by atoms with van der Waals surface area (Å²) in [5.74, 6) is -1.40. The summed E-state index contributed by atoms with van der Waals surface area (Å²) in [6, 6.07) is 0. The molecule has 130 valence electrons. The number of nitrogens with zero attached hydrogens (tertiary/aromatic N) is 1. The number of carbonyl (C=O) groups is 3. The normalized spacial score (nSPS) is 27.7. The summed E-state index contributed by atoms with van der Waals surface area (Å²) in [5, 5.41) is 12.0. The van der Waals surface area contributed by atoms with Crippen molar-refractivity contribution >= 4 is 17.8 Å². The fourth-order valence-corrected chi connectivity index (χ4v) is 3.61. The Bertz CT molecular complexity index is 452. The Morgan fingerprint density at radius 2 is 1.87 bits per heavy atom. The van der Waals surface area contributed by atoms with Gasteiger partial charge >= 0.3 is 5.97 Å². The van der Waals surface area contributed by atoms with Crippen LogP contribution in [-0.4, -0.2) is 47.4 Å². The van der Waals surface area contributed by atoms with E-state index in [0.29, 0.717) is 38.9 Å². The monoisotopic (exact) mass is 324 g/mol. The zero-order valence-electron chi connectivity index (χ0n) is 13.9. The van der Waals surface area contributed by atoms with E-state index in [9.17, 15) is 14.4 Å². The number of carboxylic acid groups (broad SMARTS) is 1. The van der Waals surface area contributed by atoms with E-state index in [0.717, 1.165) is 25.7 Å². The molecule has 6 nitrogen and oxygen atoms in total. The van der Waals surface area contributed by atoms with E-state index in [1.165, 1.54) is 0 Å². The van der Waals surface area contributed by atoms with Gasteiger partial charge in [0.2, 0.25) is 11.8 Å². The molecule has 1 saturated carbocycles. The molecule has 0 aromatic rings. The topological polar surface area (TPSA) is 86.7 Å². The third-order valence-corrected chi connectivity index (χ3v) is 5.06. The summed E-state index contributed by atoms with van der Waals surface area (Å²) in [7, 11) is 0. The molecule has 0 aromatic heterocycles. The molecule has 1 heterocycles. The number of aliphatic carboxylic acids is 1. The molecule has 6 heteroatoms. The first-order chi connectivity index (χ1) is 11.0. The van der Waals surface area contributed by atoms with Crippen LogP contribution < -0.4 is 5.32 Å². The van der Waals surface area contributed by atoms with Crippen LogP contribution in [0.5, 0.6) is 0 Å². The summed E-state index contributed by atoms with van der Waals surface area (Å²) in [6.45, 7) is 3.94. The maximum atomic E-state index is 12.6. The van der Waals surface area contributed by atoms with Crippen LogP contribution in [0.15, 0.2) is 0 Å². The molecule has 2 rings (SSSR count). The molecule has 0 aromatic carbocycles. The average molecular weight is 324 g/mol. The number of piperidine rings is 1. The smallest absolute Gasteiger partial charge is 0.306 e. The third kappa shape index (κ3) is 4.69. The van der Waals surface area contributed by atoms with Crippen molar-refractivity contribution in [2.75, 3.05) is 19.6 Å². The molecule has 1 unspecified atom stereocenters. The van der Waals surface area contributed by atoms with Crippen molar-refractivity contribution < 1.29 is 19.5 Å². The molecular weight excluding hydrogens is 296 g/mol. The molecular formula is C17H28N2O4. The van der Waals surface area contributed by atoms with Crippen LogP contribution >= 0.6 is 0 Å². The molecule has 23 heavy (non-hydrogen) atoms. The van der Waals surface area contributed by atoms with Crippen molar-refractivity contribution in [1.29, 1.82) is 0 Å². The molecule has 2 N–H and O–H groups in total. The van der Waals surface area contributed by atoms with E-state index in [1.54, 1.807) is 4.90 Å². The van der Waals surface area contributed by atoms with Gasteiger partial charge in [0.05, 0.1) is 11.8 Å². The average Bonchev–Trinajstić information content (AvgIpc) is 3.04. The number of hydrogen-bond donors (Lipinski definition) is 2. The van der Waals surface area contributed by atoms with Gasteiger partial charge in [0, 0.05) is 25.6 Å². The summed E-state index contributed by atoms with van der Waals surface area (Å²) in [4.78, 5) is 37.6. The van der Waals surface area contributed by atoms with Gasteiger partial charge < -0.3 is 15.3 Å². The molecule has 0 radical (unpaired) electrons. The first kappa shape index (κ1) is 17.8. The Hall–Kier alpha value is -1.59. The summed E-state index contributed by atoms with van der Waals surface area (Å²) >= 11 is 0. The van der Waals surface area contributed by atoms with E-state index < -0.39 is 5.97 Å². The third-order valence-electron chi connectivity index (χ3n) is 5.06. The molecule has 0 spiro atoms. The fourth-order valence-electron chi connectivity index (χ4n) is 3.61. The maximum absolute atomic E-state index is 12.6. The van der Waals surface area contributed by atoms with Crippen molar-refractivity contribution in [2.24, 2.45) is 17.8 Å². The van der Waals surface area contributed by atoms with Gasteiger partial charge in [-0.15, -0.1) is 0 Å². The Kier molecular flexibility index (Phi) is 6.42. The van der Waals surface area contributed by atoms with Crippen molar-refractivity contribution in [2.45, 2.75) is 51.9 Å². The van der Waals surface area contributed by atoms with Crippen LogP contribution in [0.3, 0.4) is 0 Å². The van der Waals surface area contributed by atoms with Crippen LogP contribution in [0.25, 0.3) is 0 Å². The number of likely N-dealkylation sites (tertiary alicyclic amines) is 1. The number of carbonyl (C=O) groups excluding carboxylic acids is 2. The lowest BCUT2D eigenvalue weighted by atomic mass is 9.95. The van der Waals surface area contributed by atoms with Crippen LogP contribution in [0.1, 0.15) is 51.9 Å². The number of carboxylic acids is 1. The lowest BCUT2D eigenvalue weighted by Crippen LogP contribution is -2.47. The summed E-state index contributed by atoms with van der Waals surface area (Å²) in [6.07, 6.45) is 5.36. The second-order valence-corrected chi connectivity index (χ2v) is 6.81. The van der Waals surface area contributed by atoms with Gasteiger partial charge in [-0.3, -0.25) is 14.4 Å². The highest BCUT2D eigenvalue weighted by Crippen LogP contribution is 2.33. The lowest BCUT2D eigenvalue weighted by Gasteiger charge is -2.33. The Morgan fingerprint density at radius 3 is 2.52 bits per heavy atom. The second-order valence-electron chi connectivity index (χ2n) is 6.81. The maximum Gasteiger partial charge on any atom is 0.306 e. The zero-order chi connectivity index (χ0) is 16.8. The van der Waals surface area contributed by atoms with E-state index in [1.807, 2.05) is 0 Å². The van der Waals surface area contributed by atoms with Crippen molar-refractivity contribution in [3.63, 3.8) is 0 Å². The first-order valence-electron chi connectivity index (χ1n) is 8.82. The van der Waals surface area contributed by atoms with Gasteiger partial charge in [0.25, 0.3) is 0 Å². The molecule has 2 fully saturated rings. The van der Waals surface area contributed by atoms with Crippen molar-refractivity contribution in [1.82, 2.24) is 10.2 Å². The SMILES string of the molecule is CCCCNC(=O)C1CCCN(C(=O)[C@@H]2CC[C@H](C(=O)O)C2)C1. The highest BCUT2D eigenvalue weighted by molar-refractivity contribution is 5.83. The van der Waals surface area contributed by atoms with Gasteiger partial charge in [-0.05, 0) is 38.5 Å². The molecule has 0 bridgehead atoms. The van der Waals surface area contributed by atoms with Gasteiger partial charge in [0.15, 0.2) is 0 Å². The minimum atomic E-state index is -0.799. The van der Waals surface area contributed by atoms with E-state index >= 15 is 0 Å². The highest BCUT2D eigenvalue weighted by Gasteiger charge is 2.37. The van der Waals surface area contributed by atoms with Crippen molar-refractivity contribution in [3.05, 3.63) is 0 Å². The number of amides is 2. The molecule has 1 saturated heterocycles. The van der Waals surface area contributed by atoms with Crippen LogP contribution in [-0.2, 0) is 14.4 Å². The van der Waals surface area contributed by atoms with E-state index in [2.05, 4.69) is 12.2 Å². The molecule has 2 aliphatic rings. The fraction of sp³-hybridized carbons (Fsp3) is 0.824. The minimum absolute atomic E-state index is 0.0415. The summed E-state index contributed by atoms with van der Waals surface area (Å²) < 4.78 is 0. The first-order valence-corrected chi connectivity index (χ1v) is 8.82. The molecule has 1 aliphatic heterocycles. The largest absolute Gasteiger partial charge is 0.481 e. The number of unbranched alkanes of at least 4 members (excludes halogenated alkanes) is 1. The standard InChI is InChI=1S/C17H28N2O4/c1-2-3-8-18-15(20)14-5-4-9-19(11-14)16(21)12-6-7-13(10-12)17(22)23/h12-14H,2-11H2,1H3,(H,18,20)(H,22,23)/t12-,13+,14?/m1/s1. The Labute approximate surface area is 137 Å². The lowest BCUT2D eigenvalue weighted by molar-refractivity contribution is -0.142. The Balaban J connectivity index is 1.84. The zero-order valence-corrected chi connectivity index (χ0v) is 13.9. The van der Waals surface area contributed by atoms with Gasteiger partial charge in [0.1, 0.15) is 0 Å². The summed E-state index contributed by atoms with van der Waals surface area (Å²) in [5.41, 5.74) is 0.